The van der Waals surface area contributed by atoms with Crippen molar-refractivity contribution >= 4 is 29.3 Å². The van der Waals surface area contributed by atoms with Crippen molar-refractivity contribution in [2.45, 2.75) is 19.9 Å². The molecule has 0 bridgehead atoms. The van der Waals surface area contributed by atoms with Crippen molar-refractivity contribution in [2.75, 3.05) is 23.9 Å². The Hall–Kier alpha value is -2.47. The predicted octanol–water partition coefficient (Wildman–Crippen LogP) is 3.55. The number of amides is 2. The van der Waals surface area contributed by atoms with E-state index in [1.54, 1.807) is 7.11 Å². The molecule has 0 spiro atoms. The van der Waals surface area contributed by atoms with E-state index in [1.165, 1.54) is 11.8 Å². The summed E-state index contributed by atoms with van der Waals surface area (Å²) in [4.78, 5) is 24.1. The zero-order valence-electron chi connectivity index (χ0n) is 15.2. The topological polar surface area (TPSA) is 67.4 Å². The molecule has 0 aliphatic rings. The van der Waals surface area contributed by atoms with Crippen LogP contribution in [-0.2, 0) is 9.59 Å². The normalized spacial score (nSPS) is 11.5. The molecule has 0 aliphatic carbocycles. The summed E-state index contributed by atoms with van der Waals surface area (Å²) < 4.78 is 5.32. The first kappa shape index (κ1) is 19.8. The van der Waals surface area contributed by atoms with Gasteiger partial charge in [0, 0.05) is 11.3 Å². The Kier molecular flexibility index (Phi) is 7.53. The fourth-order valence-corrected chi connectivity index (χ4v) is 3.17. The van der Waals surface area contributed by atoms with Gasteiger partial charge in [0.15, 0.2) is 0 Å². The van der Waals surface area contributed by atoms with E-state index in [0.717, 1.165) is 22.6 Å². The average Bonchev–Trinajstić information content (AvgIpc) is 2.61. The van der Waals surface area contributed by atoms with Gasteiger partial charge in [-0.2, -0.15) is 0 Å². The second kappa shape index (κ2) is 9.87. The highest BCUT2D eigenvalue weighted by Crippen LogP contribution is 2.24. The number of para-hydroxylation sites is 1. The van der Waals surface area contributed by atoms with Crippen LogP contribution >= 0.6 is 11.8 Å². The molecule has 1 atom stereocenters. The molecule has 2 amide bonds. The summed E-state index contributed by atoms with van der Waals surface area (Å²) >= 11 is 1.28. The Bertz CT molecular complexity index is 764. The fraction of sp³-hybridized carbons (Fsp3) is 0.300. The Balaban J connectivity index is 1.75. The van der Waals surface area contributed by atoms with Crippen LogP contribution in [0.5, 0.6) is 5.75 Å². The van der Waals surface area contributed by atoms with Gasteiger partial charge in [-0.3, -0.25) is 9.59 Å². The Morgan fingerprint density at radius 3 is 2.54 bits per heavy atom. The van der Waals surface area contributed by atoms with Crippen molar-refractivity contribution in [1.29, 1.82) is 0 Å². The third-order valence-corrected chi connectivity index (χ3v) is 4.68. The first-order valence-corrected chi connectivity index (χ1v) is 9.51. The monoisotopic (exact) mass is 372 g/mol. The molecule has 26 heavy (non-hydrogen) atoms. The van der Waals surface area contributed by atoms with Gasteiger partial charge >= 0.3 is 0 Å². The molecule has 0 radical (unpaired) electrons. The molecule has 1 unspecified atom stereocenters. The van der Waals surface area contributed by atoms with Gasteiger partial charge in [0.05, 0.1) is 24.7 Å². The highest BCUT2D eigenvalue weighted by Gasteiger charge is 2.14. The van der Waals surface area contributed by atoms with E-state index < -0.39 is 0 Å². The van der Waals surface area contributed by atoms with Gasteiger partial charge in [0.25, 0.3) is 0 Å². The van der Waals surface area contributed by atoms with Crippen molar-refractivity contribution in [3.05, 3.63) is 59.7 Å². The summed E-state index contributed by atoms with van der Waals surface area (Å²) in [6.45, 7) is 3.88. The number of ether oxygens (including phenoxy) is 1. The van der Waals surface area contributed by atoms with Crippen molar-refractivity contribution in [2.24, 2.45) is 0 Å². The van der Waals surface area contributed by atoms with Gasteiger partial charge in [-0.05, 0) is 37.6 Å². The molecule has 2 rings (SSSR count). The molecule has 0 aromatic heterocycles. The second-order valence-electron chi connectivity index (χ2n) is 5.94. The number of nitrogens with one attached hydrogen (secondary N) is 2. The molecule has 138 valence electrons. The molecule has 0 saturated carbocycles. The molecule has 0 fully saturated rings. The van der Waals surface area contributed by atoms with E-state index in [4.69, 9.17) is 4.74 Å². The van der Waals surface area contributed by atoms with E-state index in [0.29, 0.717) is 0 Å². The third kappa shape index (κ3) is 6.11. The van der Waals surface area contributed by atoms with E-state index in [2.05, 4.69) is 10.6 Å². The van der Waals surface area contributed by atoms with Crippen LogP contribution in [0.1, 0.15) is 24.1 Å². The minimum absolute atomic E-state index is 0.114. The van der Waals surface area contributed by atoms with E-state index in [1.807, 2.05) is 62.4 Å². The molecule has 0 heterocycles. The summed E-state index contributed by atoms with van der Waals surface area (Å²) in [5, 5.41) is 5.76. The zero-order valence-corrected chi connectivity index (χ0v) is 16.1. The minimum Gasteiger partial charge on any atom is -0.496 e. The van der Waals surface area contributed by atoms with Gasteiger partial charge in [0.2, 0.25) is 11.8 Å². The molecule has 2 N–H and O–H groups in total. The molecular formula is C20H24N2O3S. The lowest BCUT2D eigenvalue weighted by molar-refractivity contribution is -0.119. The first-order valence-electron chi connectivity index (χ1n) is 8.36. The Morgan fingerprint density at radius 2 is 1.81 bits per heavy atom. The average molecular weight is 372 g/mol. The summed E-state index contributed by atoms with van der Waals surface area (Å²) in [7, 11) is 1.61. The van der Waals surface area contributed by atoms with Gasteiger partial charge in [-0.15, -0.1) is 11.8 Å². The number of carbonyl (C=O) groups is 2. The van der Waals surface area contributed by atoms with Gasteiger partial charge in [-0.1, -0.05) is 30.3 Å². The lowest BCUT2D eigenvalue weighted by Gasteiger charge is -2.17. The first-order chi connectivity index (χ1) is 12.5. The molecule has 6 heteroatoms. The van der Waals surface area contributed by atoms with Crippen LogP contribution in [0.15, 0.2) is 48.5 Å². The van der Waals surface area contributed by atoms with Crippen LogP contribution in [0.4, 0.5) is 5.69 Å². The summed E-state index contributed by atoms with van der Waals surface area (Å²) in [6.07, 6.45) is 0. The summed E-state index contributed by atoms with van der Waals surface area (Å²) in [5.74, 6) is 0.957. The largest absolute Gasteiger partial charge is 0.496 e. The van der Waals surface area contributed by atoms with Crippen molar-refractivity contribution < 1.29 is 14.3 Å². The third-order valence-electron chi connectivity index (χ3n) is 3.75. The number of thioether (sulfide) groups is 1. The molecule has 0 aliphatic heterocycles. The van der Waals surface area contributed by atoms with Crippen LogP contribution < -0.4 is 15.4 Å². The van der Waals surface area contributed by atoms with Gasteiger partial charge < -0.3 is 15.4 Å². The van der Waals surface area contributed by atoms with Gasteiger partial charge in [0.1, 0.15) is 5.75 Å². The molecular weight excluding hydrogens is 348 g/mol. The number of carbonyl (C=O) groups excluding carboxylic acids is 2. The second-order valence-corrected chi connectivity index (χ2v) is 6.93. The highest BCUT2D eigenvalue weighted by atomic mass is 32.2. The predicted molar refractivity (Wildman–Crippen MR) is 107 cm³/mol. The lowest BCUT2D eigenvalue weighted by Crippen LogP contribution is -2.29. The van der Waals surface area contributed by atoms with Gasteiger partial charge in [-0.25, -0.2) is 0 Å². The van der Waals surface area contributed by atoms with Crippen molar-refractivity contribution in [1.82, 2.24) is 5.32 Å². The number of hydrogen-bond acceptors (Lipinski definition) is 4. The number of anilines is 1. The minimum atomic E-state index is -0.166. The van der Waals surface area contributed by atoms with Crippen LogP contribution in [0.25, 0.3) is 0 Å². The molecule has 2 aromatic rings. The maximum atomic E-state index is 12.1. The van der Waals surface area contributed by atoms with E-state index >= 15 is 0 Å². The summed E-state index contributed by atoms with van der Waals surface area (Å²) in [6, 6.07) is 15.0. The fourth-order valence-electron chi connectivity index (χ4n) is 2.54. The van der Waals surface area contributed by atoms with E-state index in [-0.39, 0.29) is 29.4 Å². The van der Waals surface area contributed by atoms with E-state index in [9.17, 15) is 9.59 Å². The molecule has 5 nitrogen and oxygen atoms in total. The highest BCUT2D eigenvalue weighted by molar-refractivity contribution is 8.00. The quantitative estimate of drug-likeness (QED) is 0.744. The summed E-state index contributed by atoms with van der Waals surface area (Å²) in [5.41, 5.74) is 2.77. The number of benzene rings is 2. The number of aryl methyl sites for hydroxylation is 1. The maximum absolute atomic E-state index is 12.1. The maximum Gasteiger partial charge on any atom is 0.234 e. The van der Waals surface area contributed by atoms with Crippen molar-refractivity contribution in [3.63, 3.8) is 0 Å². The molecule has 2 aromatic carbocycles. The SMILES string of the molecule is COc1ccccc1C(C)NC(=O)CSCC(=O)Nc1cccc(C)c1. The molecule has 0 saturated heterocycles. The van der Waals surface area contributed by atoms with Crippen LogP contribution in [-0.4, -0.2) is 30.4 Å². The zero-order chi connectivity index (χ0) is 18.9. The van der Waals surface area contributed by atoms with Crippen LogP contribution in [0.2, 0.25) is 0 Å². The number of hydrogen-bond donors (Lipinski definition) is 2. The van der Waals surface area contributed by atoms with Crippen LogP contribution in [0, 0.1) is 6.92 Å². The lowest BCUT2D eigenvalue weighted by atomic mass is 10.1. The van der Waals surface area contributed by atoms with Crippen molar-refractivity contribution in [3.8, 4) is 5.75 Å². The smallest absolute Gasteiger partial charge is 0.234 e. The Morgan fingerprint density at radius 1 is 1.08 bits per heavy atom. The number of methoxy groups -OCH3 is 1. The Labute approximate surface area is 158 Å². The number of rotatable bonds is 8. The standard InChI is InChI=1S/C20H24N2O3S/c1-14-7-6-8-16(11-14)22-20(24)13-26-12-19(23)21-15(2)17-9-4-5-10-18(17)25-3/h4-11,15H,12-13H2,1-3H3,(H,21,23)(H,22,24). The van der Waals surface area contributed by atoms with Crippen LogP contribution in [0.3, 0.4) is 0 Å².